The largest absolute Gasteiger partial charge is 0.490 e. The molecule has 0 saturated heterocycles. The molecular weight excluding hydrogens is 324 g/mol. The van der Waals surface area contributed by atoms with Crippen molar-refractivity contribution in [3.63, 3.8) is 0 Å². The summed E-state index contributed by atoms with van der Waals surface area (Å²) in [5.74, 6) is 0.799. The van der Waals surface area contributed by atoms with Crippen molar-refractivity contribution in [2.24, 2.45) is 0 Å². The quantitative estimate of drug-likeness (QED) is 0.773. The van der Waals surface area contributed by atoms with Gasteiger partial charge in [0.05, 0.1) is 18.3 Å². The molecule has 0 radical (unpaired) electrons. The minimum atomic E-state index is -0.792. The van der Waals surface area contributed by atoms with Crippen molar-refractivity contribution < 1.29 is 9.84 Å². The average Bonchev–Trinajstić information content (AvgIpc) is 3.03. The van der Waals surface area contributed by atoms with Gasteiger partial charge in [0.15, 0.2) is 0 Å². The Labute approximate surface area is 144 Å². The van der Waals surface area contributed by atoms with Gasteiger partial charge in [-0.1, -0.05) is 12.1 Å². The van der Waals surface area contributed by atoms with Crippen LogP contribution in [0.1, 0.15) is 16.7 Å². The first-order chi connectivity index (χ1) is 11.5. The van der Waals surface area contributed by atoms with Gasteiger partial charge in [-0.2, -0.15) is 0 Å². The van der Waals surface area contributed by atoms with E-state index in [1.54, 1.807) is 6.07 Å². The fraction of sp³-hybridized carbons (Fsp3) is 0.333. The van der Waals surface area contributed by atoms with Gasteiger partial charge in [-0.05, 0) is 48.9 Å². The highest BCUT2D eigenvalue weighted by Crippen LogP contribution is 2.25. The normalized spacial score (nSPS) is 12.5. The number of hydrogen-bond donors (Lipinski definition) is 1. The van der Waals surface area contributed by atoms with Gasteiger partial charge in [0.1, 0.15) is 23.3 Å². The lowest BCUT2D eigenvalue weighted by Crippen LogP contribution is -2.30. The molecule has 24 heavy (non-hydrogen) atoms. The number of ether oxygens (including phenoxy) is 1. The Morgan fingerprint density at radius 3 is 2.79 bits per heavy atom. The van der Waals surface area contributed by atoms with E-state index < -0.39 is 6.10 Å². The monoisotopic (exact) mass is 344 g/mol. The smallest absolute Gasteiger partial charge is 0.262 e. The van der Waals surface area contributed by atoms with E-state index in [0.717, 1.165) is 22.4 Å². The van der Waals surface area contributed by atoms with E-state index in [9.17, 15) is 9.90 Å². The van der Waals surface area contributed by atoms with Crippen LogP contribution in [0.15, 0.2) is 34.7 Å². The van der Waals surface area contributed by atoms with Gasteiger partial charge in [-0.15, -0.1) is 11.3 Å². The number of aromatic nitrogens is 2. The lowest BCUT2D eigenvalue weighted by molar-refractivity contribution is 0.0908. The summed E-state index contributed by atoms with van der Waals surface area (Å²) in [5, 5.41) is 12.7. The summed E-state index contributed by atoms with van der Waals surface area (Å²) in [6.45, 7) is 6.29. The molecule has 3 rings (SSSR count). The Morgan fingerprint density at radius 2 is 2.00 bits per heavy atom. The Morgan fingerprint density at radius 1 is 1.25 bits per heavy atom. The predicted octanol–water partition coefficient (Wildman–Crippen LogP) is 2.82. The fourth-order valence-electron chi connectivity index (χ4n) is 2.63. The maximum Gasteiger partial charge on any atom is 0.262 e. The van der Waals surface area contributed by atoms with Gasteiger partial charge >= 0.3 is 0 Å². The van der Waals surface area contributed by atoms with Gasteiger partial charge < -0.3 is 9.84 Å². The zero-order chi connectivity index (χ0) is 17.3. The molecule has 0 aliphatic heterocycles. The number of fused-ring (bicyclic) bond motifs is 1. The first kappa shape index (κ1) is 16.7. The van der Waals surface area contributed by atoms with Crippen molar-refractivity contribution >= 4 is 21.6 Å². The second-order valence-corrected chi connectivity index (χ2v) is 6.85. The van der Waals surface area contributed by atoms with E-state index in [1.807, 2.05) is 32.2 Å². The van der Waals surface area contributed by atoms with Gasteiger partial charge in [0.25, 0.3) is 5.56 Å². The van der Waals surface area contributed by atoms with Crippen LogP contribution in [0.5, 0.6) is 5.75 Å². The molecule has 1 unspecified atom stereocenters. The molecular formula is C18H20N2O3S. The minimum absolute atomic E-state index is 0.124. The summed E-state index contributed by atoms with van der Waals surface area (Å²) in [5.41, 5.74) is 3.11. The number of nitrogens with zero attached hydrogens (tertiary/aromatic N) is 2. The highest BCUT2D eigenvalue weighted by Gasteiger charge is 2.13. The lowest BCUT2D eigenvalue weighted by Gasteiger charge is -2.17. The summed E-state index contributed by atoms with van der Waals surface area (Å²) < 4.78 is 7.24. The molecule has 2 heterocycles. The molecule has 126 valence electrons. The number of aliphatic hydroxyl groups is 1. The van der Waals surface area contributed by atoms with E-state index in [-0.39, 0.29) is 18.7 Å². The van der Waals surface area contributed by atoms with Crippen LogP contribution >= 0.6 is 11.3 Å². The zero-order valence-electron chi connectivity index (χ0n) is 13.9. The molecule has 0 amide bonds. The third-order valence-electron chi connectivity index (χ3n) is 4.15. The van der Waals surface area contributed by atoms with Crippen LogP contribution < -0.4 is 10.3 Å². The Kier molecular flexibility index (Phi) is 4.69. The van der Waals surface area contributed by atoms with Crippen LogP contribution in [0.25, 0.3) is 10.2 Å². The van der Waals surface area contributed by atoms with E-state index >= 15 is 0 Å². The van der Waals surface area contributed by atoms with Crippen molar-refractivity contribution in [1.29, 1.82) is 0 Å². The number of hydrogen-bond acceptors (Lipinski definition) is 5. The van der Waals surface area contributed by atoms with Crippen molar-refractivity contribution in [3.8, 4) is 5.75 Å². The molecule has 0 saturated carbocycles. The van der Waals surface area contributed by atoms with Crippen molar-refractivity contribution in [2.75, 3.05) is 6.61 Å². The van der Waals surface area contributed by atoms with Crippen LogP contribution in [0.3, 0.4) is 0 Å². The second-order valence-electron chi connectivity index (χ2n) is 5.96. The second kappa shape index (κ2) is 6.75. The van der Waals surface area contributed by atoms with Crippen molar-refractivity contribution in [2.45, 2.75) is 33.4 Å². The standard InChI is InChI=1S/C18H20N2O3S/c1-11-4-5-12(2)16(13(11)3)23-9-14(21)8-20-10-19-17-15(18(20)22)6-7-24-17/h4-7,10,14,21H,8-9H2,1-3H3. The molecule has 5 nitrogen and oxygen atoms in total. The van der Waals surface area contributed by atoms with Crippen LogP contribution in [0, 0.1) is 20.8 Å². The first-order valence-corrected chi connectivity index (χ1v) is 8.65. The number of benzene rings is 1. The molecule has 2 aromatic heterocycles. The van der Waals surface area contributed by atoms with Crippen molar-refractivity contribution in [3.05, 3.63) is 57.0 Å². The maximum atomic E-state index is 12.3. The minimum Gasteiger partial charge on any atom is -0.490 e. The van der Waals surface area contributed by atoms with Crippen LogP contribution in [-0.4, -0.2) is 27.4 Å². The summed E-state index contributed by atoms with van der Waals surface area (Å²) in [6.07, 6.45) is 0.688. The summed E-state index contributed by atoms with van der Waals surface area (Å²) in [6, 6.07) is 5.81. The fourth-order valence-corrected chi connectivity index (χ4v) is 3.35. The van der Waals surface area contributed by atoms with Gasteiger partial charge in [-0.3, -0.25) is 9.36 Å². The zero-order valence-corrected chi connectivity index (χ0v) is 14.8. The topological polar surface area (TPSA) is 64.3 Å². The molecule has 6 heteroatoms. The summed E-state index contributed by atoms with van der Waals surface area (Å²) in [4.78, 5) is 17.3. The SMILES string of the molecule is Cc1ccc(C)c(OCC(O)Cn2cnc3sccc3c2=O)c1C. The molecule has 0 spiro atoms. The number of rotatable bonds is 5. The number of thiophene rings is 1. The van der Waals surface area contributed by atoms with Crippen LogP contribution in [0.2, 0.25) is 0 Å². The van der Waals surface area contributed by atoms with Gasteiger partial charge in [-0.25, -0.2) is 4.98 Å². The predicted molar refractivity (Wildman–Crippen MR) is 96.0 cm³/mol. The van der Waals surface area contributed by atoms with Gasteiger partial charge in [0, 0.05) is 0 Å². The molecule has 1 aromatic carbocycles. The molecule has 0 bridgehead atoms. The van der Waals surface area contributed by atoms with Gasteiger partial charge in [0.2, 0.25) is 0 Å². The highest BCUT2D eigenvalue weighted by atomic mass is 32.1. The third-order valence-corrected chi connectivity index (χ3v) is 4.97. The maximum absolute atomic E-state index is 12.3. The van der Waals surface area contributed by atoms with E-state index in [2.05, 4.69) is 11.1 Å². The third kappa shape index (κ3) is 3.20. The van der Waals surface area contributed by atoms with E-state index in [0.29, 0.717) is 10.2 Å². The Balaban J connectivity index is 1.72. The van der Waals surface area contributed by atoms with Crippen LogP contribution in [0.4, 0.5) is 0 Å². The molecule has 0 aliphatic rings. The average molecular weight is 344 g/mol. The first-order valence-electron chi connectivity index (χ1n) is 7.77. The lowest BCUT2D eigenvalue weighted by atomic mass is 10.1. The number of aliphatic hydroxyl groups excluding tert-OH is 1. The molecule has 3 aromatic rings. The molecule has 0 aliphatic carbocycles. The molecule has 1 atom stereocenters. The number of aryl methyl sites for hydroxylation is 2. The van der Waals surface area contributed by atoms with Crippen LogP contribution in [-0.2, 0) is 6.54 Å². The Hall–Kier alpha value is -2.18. The van der Waals surface area contributed by atoms with E-state index in [4.69, 9.17) is 4.74 Å². The highest BCUT2D eigenvalue weighted by molar-refractivity contribution is 7.16. The van der Waals surface area contributed by atoms with E-state index in [1.165, 1.54) is 22.2 Å². The summed E-state index contributed by atoms with van der Waals surface area (Å²) in [7, 11) is 0. The summed E-state index contributed by atoms with van der Waals surface area (Å²) >= 11 is 1.43. The van der Waals surface area contributed by atoms with Crippen molar-refractivity contribution in [1.82, 2.24) is 9.55 Å². The Bertz CT molecular complexity index is 930. The molecule has 1 N–H and O–H groups in total. The molecule has 0 fully saturated rings.